The zero-order valence-corrected chi connectivity index (χ0v) is 17.2. The van der Waals surface area contributed by atoms with Gasteiger partial charge in [0.15, 0.2) is 4.80 Å². The van der Waals surface area contributed by atoms with E-state index in [2.05, 4.69) is 4.99 Å². The summed E-state index contributed by atoms with van der Waals surface area (Å²) in [7, 11) is 0. The van der Waals surface area contributed by atoms with E-state index in [4.69, 9.17) is 0 Å². The van der Waals surface area contributed by atoms with Crippen molar-refractivity contribution < 1.29 is 14.0 Å². The van der Waals surface area contributed by atoms with Crippen LogP contribution < -0.4 is 4.80 Å². The Morgan fingerprint density at radius 1 is 1.10 bits per heavy atom. The van der Waals surface area contributed by atoms with Crippen molar-refractivity contribution in [3.63, 3.8) is 0 Å². The Kier molecular flexibility index (Phi) is 6.18. The van der Waals surface area contributed by atoms with Crippen LogP contribution >= 0.6 is 11.3 Å². The first kappa shape index (κ1) is 20.2. The summed E-state index contributed by atoms with van der Waals surface area (Å²) in [5, 5.41) is 1.92. The van der Waals surface area contributed by atoms with Gasteiger partial charge in [0.1, 0.15) is 5.82 Å². The molecule has 1 saturated heterocycles. The molecule has 2 amide bonds. The summed E-state index contributed by atoms with van der Waals surface area (Å²) in [6.07, 6.45) is 3.38. The van der Waals surface area contributed by atoms with Crippen molar-refractivity contribution in [1.29, 1.82) is 0 Å². The highest BCUT2D eigenvalue weighted by atomic mass is 32.1. The maximum absolute atomic E-state index is 13.1. The van der Waals surface area contributed by atoms with Gasteiger partial charge in [0, 0.05) is 36.8 Å². The van der Waals surface area contributed by atoms with E-state index in [1.54, 1.807) is 4.90 Å². The lowest BCUT2D eigenvalue weighted by Gasteiger charge is -2.31. The van der Waals surface area contributed by atoms with E-state index < -0.39 is 0 Å². The van der Waals surface area contributed by atoms with Crippen LogP contribution in [0.15, 0.2) is 71.2 Å². The molecule has 1 unspecified atom stereocenters. The Morgan fingerprint density at radius 2 is 1.87 bits per heavy atom. The minimum Gasteiger partial charge on any atom is -0.338 e. The van der Waals surface area contributed by atoms with E-state index in [-0.39, 0.29) is 23.5 Å². The van der Waals surface area contributed by atoms with Gasteiger partial charge < -0.3 is 9.47 Å². The van der Waals surface area contributed by atoms with Crippen LogP contribution in [0, 0.1) is 11.7 Å². The van der Waals surface area contributed by atoms with Crippen molar-refractivity contribution in [2.75, 3.05) is 13.1 Å². The van der Waals surface area contributed by atoms with E-state index >= 15 is 0 Å². The molecule has 1 fully saturated rings. The first-order chi connectivity index (χ1) is 14.6. The molecule has 5 nitrogen and oxygen atoms in total. The van der Waals surface area contributed by atoms with Crippen molar-refractivity contribution >= 4 is 23.2 Å². The molecular formula is C23H22FN3O2S. The molecule has 1 atom stereocenters. The summed E-state index contributed by atoms with van der Waals surface area (Å²) in [4.78, 5) is 32.3. The molecule has 2 heterocycles. The molecule has 0 N–H and O–H groups in total. The van der Waals surface area contributed by atoms with Crippen LogP contribution in [-0.4, -0.2) is 34.4 Å². The SMILES string of the molecule is O=C(N=c1sccn1Cc1ccccc1)C1CCCN(C(=O)c2ccc(F)cc2)C1. The topological polar surface area (TPSA) is 54.7 Å². The van der Waals surface area contributed by atoms with Crippen LogP contribution in [0.4, 0.5) is 4.39 Å². The minimum atomic E-state index is -0.378. The molecule has 3 aromatic rings. The van der Waals surface area contributed by atoms with Gasteiger partial charge in [-0.05, 0) is 42.7 Å². The van der Waals surface area contributed by atoms with Gasteiger partial charge in [-0.15, -0.1) is 11.3 Å². The second kappa shape index (κ2) is 9.17. The number of aromatic nitrogens is 1. The minimum absolute atomic E-state index is 0.178. The predicted octanol–water partition coefficient (Wildman–Crippen LogP) is 3.72. The molecule has 1 aliphatic heterocycles. The molecule has 30 heavy (non-hydrogen) atoms. The summed E-state index contributed by atoms with van der Waals surface area (Å²) in [6.45, 7) is 1.58. The first-order valence-electron chi connectivity index (χ1n) is 9.91. The molecule has 0 aliphatic carbocycles. The van der Waals surface area contributed by atoms with Crippen molar-refractivity contribution in [2.24, 2.45) is 10.9 Å². The summed E-state index contributed by atoms with van der Waals surface area (Å²) in [5.41, 5.74) is 1.57. The van der Waals surface area contributed by atoms with Gasteiger partial charge in [-0.1, -0.05) is 30.3 Å². The number of thiazole rings is 1. The summed E-state index contributed by atoms with van der Waals surface area (Å²) >= 11 is 1.43. The summed E-state index contributed by atoms with van der Waals surface area (Å²) in [6, 6.07) is 15.5. The Bertz CT molecular complexity index is 1090. The van der Waals surface area contributed by atoms with Crippen LogP contribution in [0.3, 0.4) is 0 Å². The fourth-order valence-corrected chi connectivity index (χ4v) is 4.34. The number of rotatable bonds is 4. The summed E-state index contributed by atoms with van der Waals surface area (Å²) in [5.74, 6) is -1.08. The molecule has 1 aliphatic rings. The van der Waals surface area contributed by atoms with Gasteiger partial charge in [-0.2, -0.15) is 4.99 Å². The monoisotopic (exact) mass is 423 g/mol. The third-order valence-electron chi connectivity index (χ3n) is 5.21. The lowest BCUT2D eigenvalue weighted by molar-refractivity contribution is -0.123. The highest BCUT2D eigenvalue weighted by Gasteiger charge is 2.29. The number of nitrogens with zero attached hydrogens (tertiary/aromatic N) is 3. The van der Waals surface area contributed by atoms with Crippen LogP contribution in [0.5, 0.6) is 0 Å². The van der Waals surface area contributed by atoms with Gasteiger partial charge >= 0.3 is 0 Å². The highest BCUT2D eigenvalue weighted by Crippen LogP contribution is 2.20. The molecule has 0 radical (unpaired) electrons. The summed E-state index contributed by atoms with van der Waals surface area (Å²) < 4.78 is 15.1. The fraction of sp³-hybridized carbons (Fsp3) is 0.261. The predicted molar refractivity (Wildman–Crippen MR) is 113 cm³/mol. The van der Waals surface area contributed by atoms with Crippen LogP contribution in [0.1, 0.15) is 28.8 Å². The number of hydrogen-bond donors (Lipinski definition) is 0. The quantitative estimate of drug-likeness (QED) is 0.642. The maximum atomic E-state index is 13.1. The number of benzene rings is 2. The molecule has 7 heteroatoms. The Balaban J connectivity index is 1.47. The number of carbonyl (C=O) groups is 2. The average Bonchev–Trinajstić information content (AvgIpc) is 3.21. The molecule has 154 valence electrons. The molecule has 0 bridgehead atoms. The van der Waals surface area contributed by atoms with E-state index in [9.17, 15) is 14.0 Å². The van der Waals surface area contributed by atoms with Gasteiger partial charge in [-0.3, -0.25) is 9.59 Å². The number of carbonyl (C=O) groups excluding carboxylic acids is 2. The van der Waals surface area contributed by atoms with Gasteiger partial charge in [0.05, 0.1) is 5.92 Å². The number of piperidine rings is 1. The Hall–Kier alpha value is -3.06. The van der Waals surface area contributed by atoms with E-state index in [0.717, 1.165) is 12.0 Å². The second-order valence-corrected chi connectivity index (χ2v) is 8.22. The third-order valence-corrected chi connectivity index (χ3v) is 6.00. The number of hydrogen-bond acceptors (Lipinski definition) is 3. The lowest BCUT2D eigenvalue weighted by atomic mass is 9.96. The zero-order valence-electron chi connectivity index (χ0n) is 16.4. The standard InChI is InChI=1S/C23H22FN3O2S/c24-20-10-8-18(9-11-20)22(29)26-12-4-7-19(16-26)21(28)25-23-27(13-14-30-23)15-17-5-2-1-3-6-17/h1-3,5-6,8-11,13-14,19H,4,7,12,15-16H2. The van der Waals surface area contributed by atoms with E-state index in [0.29, 0.717) is 36.4 Å². The molecule has 0 saturated carbocycles. The molecule has 1 aromatic heterocycles. The van der Waals surface area contributed by atoms with Gasteiger partial charge in [0.25, 0.3) is 11.8 Å². The van der Waals surface area contributed by atoms with E-state index in [1.807, 2.05) is 46.5 Å². The molecule has 0 spiro atoms. The van der Waals surface area contributed by atoms with Crippen molar-refractivity contribution in [3.05, 3.63) is 87.9 Å². The Labute approximate surface area is 178 Å². The molecule has 2 aromatic carbocycles. The van der Waals surface area contributed by atoms with Crippen LogP contribution in [-0.2, 0) is 11.3 Å². The van der Waals surface area contributed by atoms with Crippen molar-refractivity contribution in [3.8, 4) is 0 Å². The lowest BCUT2D eigenvalue weighted by Crippen LogP contribution is -2.42. The Morgan fingerprint density at radius 3 is 2.63 bits per heavy atom. The number of halogens is 1. The fourth-order valence-electron chi connectivity index (χ4n) is 3.61. The normalized spacial score (nSPS) is 17.2. The maximum Gasteiger partial charge on any atom is 0.253 e. The number of likely N-dealkylation sites (tertiary alicyclic amines) is 1. The average molecular weight is 424 g/mol. The van der Waals surface area contributed by atoms with Crippen LogP contribution in [0.25, 0.3) is 0 Å². The first-order valence-corrected chi connectivity index (χ1v) is 10.8. The highest BCUT2D eigenvalue weighted by molar-refractivity contribution is 7.07. The number of amides is 2. The van der Waals surface area contributed by atoms with Gasteiger partial charge in [0.2, 0.25) is 0 Å². The molecule has 4 rings (SSSR count). The smallest absolute Gasteiger partial charge is 0.253 e. The second-order valence-electron chi connectivity index (χ2n) is 7.35. The zero-order chi connectivity index (χ0) is 20.9. The van der Waals surface area contributed by atoms with Gasteiger partial charge in [-0.25, -0.2) is 4.39 Å². The molecular weight excluding hydrogens is 401 g/mol. The van der Waals surface area contributed by atoms with Crippen LogP contribution in [0.2, 0.25) is 0 Å². The van der Waals surface area contributed by atoms with E-state index in [1.165, 1.54) is 35.6 Å². The van der Waals surface area contributed by atoms with Crippen molar-refractivity contribution in [2.45, 2.75) is 19.4 Å². The largest absolute Gasteiger partial charge is 0.338 e. The third kappa shape index (κ3) is 4.74. The van der Waals surface area contributed by atoms with Crippen molar-refractivity contribution in [1.82, 2.24) is 9.47 Å².